The zero-order chi connectivity index (χ0) is 23.7. The van der Waals surface area contributed by atoms with Gasteiger partial charge in [-0.25, -0.2) is 8.42 Å². The summed E-state index contributed by atoms with van der Waals surface area (Å²) in [7, 11) is -2.11. The molecule has 0 saturated heterocycles. The number of sulfone groups is 1. The number of benzene rings is 2. The fourth-order valence-electron chi connectivity index (χ4n) is 3.15. The molecule has 1 unspecified atom stereocenters. The highest BCUT2D eigenvalue weighted by Gasteiger charge is 2.51. The van der Waals surface area contributed by atoms with Crippen LogP contribution in [0.25, 0.3) is 0 Å². The Hall–Kier alpha value is -2.59. The second-order valence-electron chi connectivity index (χ2n) is 8.08. The minimum Gasteiger partial charge on any atom is -0.495 e. The standard InChI is InChI=1S/C22H24F3NO5S/c1-21(28,22(23,24)25)16-7-10-18(19(12-16)31-2)26-20(27)11-14-5-8-17(9-6-14)32(29,30)13-15-3-4-15/h5-10,12,15,28H,3-4,11,13H2,1-2H3,(H,26,27). The highest BCUT2D eigenvalue weighted by Crippen LogP contribution is 2.41. The van der Waals surface area contributed by atoms with E-state index in [4.69, 9.17) is 4.74 Å². The largest absolute Gasteiger partial charge is 0.495 e. The third-order valence-corrected chi connectivity index (χ3v) is 7.29. The van der Waals surface area contributed by atoms with Gasteiger partial charge >= 0.3 is 6.18 Å². The van der Waals surface area contributed by atoms with E-state index in [1.807, 2.05) is 0 Å². The van der Waals surface area contributed by atoms with Gasteiger partial charge in [-0.2, -0.15) is 13.2 Å². The van der Waals surface area contributed by atoms with Gasteiger partial charge in [0.1, 0.15) is 5.75 Å². The van der Waals surface area contributed by atoms with Crippen LogP contribution in [0.5, 0.6) is 5.75 Å². The van der Waals surface area contributed by atoms with Gasteiger partial charge in [-0.15, -0.1) is 0 Å². The van der Waals surface area contributed by atoms with Crippen molar-refractivity contribution in [3.8, 4) is 5.75 Å². The van der Waals surface area contributed by atoms with Gasteiger partial charge in [-0.05, 0) is 61.1 Å². The first-order valence-electron chi connectivity index (χ1n) is 9.92. The summed E-state index contributed by atoms with van der Waals surface area (Å²) in [6.45, 7) is 0.633. The van der Waals surface area contributed by atoms with E-state index in [2.05, 4.69) is 5.32 Å². The Morgan fingerprint density at radius 2 is 1.78 bits per heavy atom. The number of carbonyl (C=O) groups excluding carboxylic acids is 1. The molecule has 1 atom stereocenters. The number of alkyl halides is 3. The monoisotopic (exact) mass is 471 g/mol. The number of hydrogen-bond donors (Lipinski definition) is 2. The van der Waals surface area contributed by atoms with Crippen molar-refractivity contribution >= 4 is 21.4 Å². The first-order chi connectivity index (χ1) is 14.8. The Bertz CT molecular complexity index is 1090. The molecule has 2 aromatic carbocycles. The number of methoxy groups -OCH3 is 1. The molecule has 10 heteroatoms. The normalized spacial score (nSPS) is 16.3. The number of nitrogens with one attached hydrogen (secondary N) is 1. The predicted octanol–water partition coefficient (Wildman–Crippen LogP) is 3.83. The lowest BCUT2D eigenvalue weighted by Crippen LogP contribution is -2.39. The van der Waals surface area contributed by atoms with Crippen molar-refractivity contribution in [1.29, 1.82) is 0 Å². The van der Waals surface area contributed by atoms with Crippen LogP contribution >= 0.6 is 0 Å². The molecule has 174 valence electrons. The van der Waals surface area contributed by atoms with Crippen molar-refractivity contribution in [3.63, 3.8) is 0 Å². The summed E-state index contributed by atoms with van der Waals surface area (Å²) in [5.41, 5.74) is -2.79. The van der Waals surface area contributed by atoms with Gasteiger partial charge in [0.05, 0.1) is 29.9 Å². The quantitative estimate of drug-likeness (QED) is 0.611. The van der Waals surface area contributed by atoms with Crippen LogP contribution in [0.3, 0.4) is 0 Å². The van der Waals surface area contributed by atoms with Gasteiger partial charge in [-0.1, -0.05) is 18.2 Å². The molecule has 0 bridgehead atoms. The van der Waals surface area contributed by atoms with E-state index >= 15 is 0 Å². The first kappa shape index (κ1) is 24.1. The highest BCUT2D eigenvalue weighted by molar-refractivity contribution is 7.91. The summed E-state index contributed by atoms with van der Waals surface area (Å²) in [6.07, 6.45) is -3.11. The van der Waals surface area contributed by atoms with Crippen molar-refractivity contribution in [3.05, 3.63) is 53.6 Å². The molecule has 1 saturated carbocycles. The third-order valence-electron chi connectivity index (χ3n) is 5.39. The maximum absolute atomic E-state index is 13.1. The fourth-order valence-corrected chi connectivity index (χ4v) is 4.84. The maximum atomic E-state index is 13.1. The van der Waals surface area contributed by atoms with Crippen LogP contribution in [0.15, 0.2) is 47.4 Å². The Kier molecular flexibility index (Phi) is 6.57. The van der Waals surface area contributed by atoms with Gasteiger partial charge in [0, 0.05) is 0 Å². The summed E-state index contributed by atoms with van der Waals surface area (Å²) in [5.74, 6) is -0.148. The van der Waals surface area contributed by atoms with Crippen LogP contribution in [-0.4, -0.2) is 38.5 Å². The Labute approximate surface area is 184 Å². The topological polar surface area (TPSA) is 92.7 Å². The molecule has 0 radical (unpaired) electrons. The lowest BCUT2D eigenvalue weighted by Gasteiger charge is -2.27. The van der Waals surface area contributed by atoms with Gasteiger partial charge in [-0.3, -0.25) is 4.79 Å². The second kappa shape index (κ2) is 8.74. The molecule has 1 amide bonds. The molecule has 1 fully saturated rings. The van der Waals surface area contributed by atoms with Crippen molar-refractivity contribution in [1.82, 2.24) is 0 Å². The van der Waals surface area contributed by atoms with Crippen LogP contribution in [0, 0.1) is 5.92 Å². The van der Waals surface area contributed by atoms with Gasteiger partial charge < -0.3 is 15.2 Å². The summed E-state index contributed by atoms with van der Waals surface area (Å²) in [5, 5.41) is 12.4. The number of hydrogen-bond acceptors (Lipinski definition) is 5. The van der Waals surface area contributed by atoms with Crippen molar-refractivity contribution < 1.29 is 36.2 Å². The number of halogens is 3. The third kappa shape index (κ3) is 5.42. The molecule has 0 aromatic heterocycles. The maximum Gasteiger partial charge on any atom is 0.421 e. The molecule has 1 aliphatic rings. The second-order valence-corrected chi connectivity index (χ2v) is 10.1. The molecular weight excluding hydrogens is 447 g/mol. The Balaban J connectivity index is 1.69. The number of anilines is 1. The summed E-state index contributed by atoms with van der Waals surface area (Å²) in [4.78, 5) is 12.6. The van der Waals surface area contributed by atoms with E-state index in [0.717, 1.165) is 25.0 Å². The molecule has 32 heavy (non-hydrogen) atoms. The van der Waals surface area contributed by atoms with Gasteiger partial charge in [0.15, 0.2) is 15.4 Å². The number of ether oxygens (including phenoxy) is 1. The van der Waals surface area contributed by atoms with E-state index in [1.54, 1.807) is 12.1 Å². The number of carbonyl (C=O) groups is 1. The highest BCUT2D eigenvalue weighted by atomic mass is 32.2. The molecule has 2 N–H and O–H groups in total. The van der Waals surface area contributed by atoms with E-state index < -0.39 is 33.1 Å². The van der Waals surface area contributed by atoms with Crippen LogP contribution in [0.1, 0.15) is 30.9 Å². The smallest absolute Gasteiger partial charge is 0.421 e. The van der Waals surface area contributed by atoms with Crippen molar-refractivity contribution in [2.75, 3.05) is 18.2 Å². The average Bonchev–Trinajstić information content (AvgIpc) is 3.51. The summed E-state index contributed by atoms with van der Waals surface area (Å²) in [6, 6.07) is 9.35. The SMILES string of the molecule is COc1cc(C(C)(O)C(F)(F)F)ccc1NC(=O)Cc1ccc(S(=O)(=O)CC2CC2)cc1. The minimum absolute atomic E-state index is 0.0399. The lowest BCUT2D eigenvalue weighted by atomic mass is 9.95. The Morgan fingerprint density at radius 1 is 1.16 bits per heavy atom. The molecule has 6 nitrogen and oxygen atoms in total. The van der Waals surface area contributed by atoms with Gasteiger partial charge in [0.25, 0.3) is 0 Å². The van der Waals surface area contributed by atoms with Crippen LogP contribution in [0.4, 0.5) is 18.9 Å². The van der Waals surface area contributed by atoms with E-state index in [9.17, 15) is 31.5 Å². The molecular formula is C22H24F3NO5S. The van der Waals surface area contributed by atoms with E-state index in [0.29, 0.717) is 12.5 Å². The molecule has 3 rings (SSSR count). The zero-order valence-corrected chi connectivity index (χ0v) is 18.4. The summed E-state index contributed by atoms with van der Waals surface area (Å²) >= 11 is 0. The van der Waals surface area contributed by atoms with E-state index in [-0.39, 0.29) is 34.4 Å². The summed E-state index contributed by atoms with van der Waals surface area (Å²) < 4.78 is 68.9. The number of aliphatic hydroxyl groups is 1. The van der Waals surface area contributed by atoms with Gasteiger partial charge in [0.2, 0.25) is 5.91 Å². The van der Waals surface area contributed by atoms with Crippen molar-refractivity contribution in [2.24, 2.45) is 5.92 Å². The number of amides is 1. The van der Waals surface area contributed by atoms with Crippen LogP contribution in [-0.2, 0) is 26.7 Å². The fraction of sp³-hybridized carbons (Fsp3) is 0.409. The first-order valence-corrected chi connectivity index (χ1v) is 11.6. The predicted molar refractivity (Wildman–Crippen MR) is 112 cm³/mol. The van der Waals surface area contributed by atoms with Crippen LogP contribution < -0.4 is 10.1 Å². The molecule has 0 aliphatic heterocycles. The number of rotatable bonds is 8. The van der Waals surface area contributed by atoms with Crippen LogP contribution in [0.2, 0.25) is 0 Å². The molecule has 1 aliphatic carbocycles. The minimum atomic E-state index is -4.89. The zero-order valence-electron chi connectivity index (χ0n) is 17.6. The lowest BCUT2D eigenvalue weighted by molar-refractivity contribution is -0.258. The molecule has 2 aromatic rings. The van der Waals surface area contributed by atoms with Crippen molar-refractivity contribution in [2.45, 2.75) is 42.9 Å². The van der Waals surface area contributed by atoms with E-state index in [1.165, 1.54) is 25.3 Å². The Morgan fingerprint density at radius 3 is 2.31 bits per heavy atom. The average molecular weight is 471 g/mol. The molecule has 0 heterocycles. The molecule has 0 spiro atoms.